The molecule has 4 aromatic carbocycles. The van der Waals surface area contributed by atoms with Gasteiger partial charge in [-0.2, -0.15) is 4.99 Å². The van der Waals surface area contributed by atoms with Crippen molar-refractivity contribution in [3.8, 4) is 5.75 Å². The third-order valence-electron chi connectivity index (χ3n) is 5.93. The standard InChI is InChI=1S/C29H22ClN3O5S2.Na.H/c1-38-24-11-6-20-14-19(2-5-21(20)17-24)15-26-28(35)32-29(39-26)31-23-9-3-18(4-10-23)16-27(34)33-40(36,37)25-12-7-22(30)8-13-25;;/h2-15,17H,16H2,1H3,(H,33,34)(H,31,32,35);;. The van der Waals surface area contributed by atoms with E-state index in [0.29, 0.717) is 26.3 Å². The molecule has 0 fully saturated rings. The fraction of sp³-hybridized carbons (Fsp3) is 0.0690. The van der Waals surface area contributed by atoms with E-state index < -0.39 is 15.9 Å². The Morgan fingerprint density at radius 1 is 0.976 bits per heavy atom. The number of hydrogen-bond donors (Lipinski definition) is 2. The summed E-state index contributed by atoms with van der Waals surface area (Å²) in [5.41, 5.74) is 2.16. The Hall–Kier alpha value is -3.12. The van der Waals surface area contributed by atoms with Crippen molar-refractivity contribution in [2.45, 2.75) is 11.3 Å². The molecule has 0 saturated carbocycles. The third kappa shape index (κ3) is 7.79. The molecule has 4 aromatic rings. The second kappa shape index (κ2) is 13.2. The van der Waals surface area contributed by atoms with Crippen molar-refractivity contribution in [1.29, 1.82) is 0 Å². The van der Waals surface area contributed by atoms with Crippen molar-refractivity contribution in [3.05, 3.63) is 106 Å². The van der Waals surface area contributed by atoms with Crippen LogP contribution in [0, 0.1) is 0 Å². The van der Waals surface area contributed by atoms with E-state index >= 15 is 0 Å². The molecule has 0 spiro atoms. The topological polar surface area (TPSA) is 114 Å². The number of fused-ring (bicyclic) bond motifs is 1. The summed E-state index contributed by atoms with van der Waals surface area (Å²) in [6.45, 7) is 0. The second-order valence-corrected chi connectivity index (χ2v) is 11.9. The van der Waals surface area contributed by atoms with Gasteiger partial charge in [0.15, 0.2) is 5.17 Å². The average Bonchev–Trinajstić information content (AvgIpc) is 3.27. The molecule has 2 N–H and O–H groups in total. The maximum absolute atomic E-state index is 12.5. The summed E-state index contributed by atoms with van der Waals surface area (Å²) in [4.78, 5) is 29.4. The molecule has 0 aromatic heterocycles. The zero-order chi connectivity index (χ0) is 28.3. The summed E-state index contributed by atoms with van der Waals surface area (Å²) in [6, 6.07) is 24.1. The summed E-state index contributed by atoms with van der Waals surface area (Å²) in [5, 5.41) is 5.99. The van der Waals surface area contributed by atoms with Crippen molar-refractivity contribution < 1.29 is 22.7 Å². The van der Waals surface area contributed by atoms with E-state index in [0.717, 1.165) is 22.1 Å². The van der Waals surface area contributed by atoms with Gasteiger partial charge in [0.25, 0.3) is 15.9 Å². The van der Waals surface area contributed by atoms with Gasteiger partial charge in [0, 0.05) is 10.7 Å². The van der Waals surface area contributed by atoms with Gasteiger partial charge in [-0.25, -0.2) is 13.1 Å². The summed E-state index contributed by atoms with van der Waals surface area (Å²) >= 11 is 7.03. The van der Waals surface area contributed by atoms with Crippen LogP contribution in [0.25, 0.3) is 16.8 Å². The summed E-state index contributed by atoms with van der Waals surface area (Å²) in [5.74, 6) is -0.222. The molecular formula is C29H23ClN3NaO5S2. The van der Waals surface area contributed by atoms with Crippen LogP contribution in [0.3, 0.4) is 0 Å². The van der Waals surface area contributed by atoms with E-state index in [2.05, 4.69) is 15.0 Å². The fourth-order valence-corrected chi connectivity index (χ4v) is 5.89. The molecule has 1 heterocycles. The quantitative estimate of drug-likeness (QED) is 0.223. The molecule has 0 radical (unpaired) electrons. The van der Waals surface area contributed by atoms with Crippen LogP contribution in [-0.2, 0) is 26.0 Å². The molecule has 1 aliphatic heterocycles. The number of anilines is 1. The molecule has 1 aliphatic rings. The number of thioether (sulfide) groups is 1. The van der Waals surface area contributed by atoms with Gasteiger partial charge < -0.3 is 10.1 Å². The minimum atomic E-state index is -4.00. The first-order chi connectivity index (χ1) is 19.2. The first-order valence-electron chi connectivity index (χ1n) is 12.0. The predicted octanol–water partition coefficient (Wildman–Crippen LogP) is 4.98. The molecule has 12 heteroatoms. The normalized spacial score (nSPS) is 14.0. The van der Waals surface area contributed by atoms with Crippen LogP contribution in [0.4, 0.5) is 5.69 Å². The summed E-state index contributed by atoms with van der Waals surface area (Å²) < 4.78 is 32.1. The number of benzene rings is 4. The molecule has 204 valence electrons. The Morgan fingerprint density at radius 3 is 2.37 bits per heavy atom. The number of sulfonamides is 1. The minimum absolute atomic E-state index is 0. The van der Waals surface area contributed by atoms with Crippen molar-refractivity contribution in [2.75, 3.05) is 12.4 Å². The Labute approximate surface area is 268 Å². The number of nitrogens with zero attached hydrogens (tertiary/aromatic N) is 1. The maximum atomic E-state index is 12.5. The number of ether oxygens (including phenoxy) is 1. The van der Waals surface area contributed by atoms with Crippen LogP contribution in [0.5, 0.6) is 5.75 Å². The van der Waals surface area contributed by atoms with Crippen LogP contribution in [0.15, 0.2) is 99.7 Å². The zero-order valence-corrected chi connectivity index (χ0v) is 23.4. The Morgan fingerprint density at radius 2 is 1.66 bits per heavy atom. The molecule has 5 rings (SSSR count). The molecule has 41 heavy (non-hydrogen) atoms. The van der Waals surface area contributed by atoms with Crippen LogP contribution in [0.2, 0.25) is 5.02 Å². The van der Waals surface area contributed by atoms with E-state index in [-0.39, 0.29) is 46.8 Å². The van der Waals surface area contributed by atoms with Gasteiger partial charge in [-0.1, -0.05) is 41.9 Å². The third-order valence-corrected chi connectivity index (χ3v) is 8.47. The second-order valence-electron chi connectivity index (χ2n) is 8.79. The number of carbonyl (C=O) groups excluding carboxylic acids is 2. The fourth-order valence-electron chi connectivity index (χ4n) is 3.95. The molecule has 0 unspecified atom stereocenters. The van der Waals surface area contributed by atoms with Crippen molar-refractivity contribution >= 4 is 102 Å². The van der Waals surface area contributed by atoms with Gasteiger partial charge in [-0.15, -0.1) is 0 Å². The number of carbonyl (C=O) groups is 2. The van der Waals surface area contributed by atoms with Gasteiger partial charge in [0.1, 0.15) is 5.75 Å². The van der Waals surface area contributed by atoms with E-state index in [1.54, 1.807) is 37.5 Å². The summed E-state index contributed by atoms with van der Waals surface area (Å²) in [7, 11) is -2.37. The number of amides is 2. The Balaban J connectivity index is 0.00000387. The average molecular weight is 616 g/mol. The van der Waals surface area contributed by atoms with Gasteiger partial charge >= 0.3 is 29.6 Å². The van der Waals surface area contributed by atoms with Gasteiger partial charge in [0.05, 0.1) is 23.3 Å². The van der Waals surface area contributed by atoms with Gasteiger partial charge in [-0.05, 0) is 94.3 Å². The molecule has 0 saturated heterocycles. The molecule has 0 aliphatic carbocycles. The first kappa shape index (κ1) is 30.8. The number of nitrogens with one attached hydrogen (secondary N) is 2. The van der Waals surface area contributed by atoms with Crippen LogP contribution >= 0.6 is 23.4 Å². The number of rotatable bonds is 7. The molecule has 0 atom stereocenters. The van der Waals surface area contributed by atoms with Gasteiger partial charge in [0.2, 0.25) is 5.91 Å². The Kier molecular flexibility index (Phi) is 9.96. The van der Waals surface area contributed by atoms with Crippen LogP contribution < -0.4 is 14.8 Å². The van der Waals surface area contributed by atoms with E-state index in [1.807, 2.05) is 36.4 Å². The SMILES string of the molecule is COc1ccc2cc(C=C3SC(Nc4ccc(CC(=O)NS(=O)(=O)c5ccc(Cl)cc5)cc4)=NC3=O)ccc2c1.[NaH]. The number of aliphatic imine (C=N–C) groups is 1. The zero-order valence-electron chi connectivity index (χ0n) is 21.1. The van der Waals surface area contributed by atoms with Crippen LogP contribution in [0.1, 0.15) is 11.1 Å². The number of methoxy groups -OCH3 is 1. The Bertz CT molecular complexity index is 1790. The molecule has 8 nitrogen and oxygen atoms in total. The van der Waals surface area contributed by atoms with Gasteiger partial charge in [-0.3, -0.25) is 9.59 Å². The molecular weight excluding hydrogens is 593 g/mol. The first-order valence-corrected chi connectivity index (χ1v) is 14.6. The monoisotopic (exact) mass is 615 g/mol. The number of hydrogen-bond acceptors (Lipinski definition) is 7. The number of halogens is 1. The predicted molar refractivity (Wildman–Crippen MR) is 166 cm³/mol. The number of amidine groups is 1. The van der Waals surface area contributed by atoms with Crippen molar-refractivity contribution in [2.24, 2.45) is 4.99 Å². The van der Waals surface area contributed by atoms with E-state index in [1.165, 1.54) is 36.0 Å². The van der Waals surface area contributed by atoms with Crippen molar-refractivity contribution in [1.82, 2.24) is 4.72 Å². The molecule has 0 bridgehead atoms. The summed E-state index contributed by atoms with van der Waals surface area (Å²) in [6.07, 6.45) is 1.67. The van der Waals surface area contributed by atoms with Crippen LogP contribution in [-0.4, -0.2) is 62.1 Å². The van der Waals surface area contributed by atoms with E-state index in [9.17, 15) is 18.0 Å². The van der Waals surface area contributed by atoms with E-state index in [4.69, 9.17) is 16.3 Å². The van der Waals surface area contributed by atoms with Crippen molar-refractivity contribution in [3.63, 3.8) is 0 Å². The molecule has 2 amide bonds.